The first-order chi connectivity index (χ1) is 13.8. The fourth-order valence-corrected chi connectivity index (χ4v) is 3.21. The zero-order valence-electron chi connectivity index (χ0n) is 16.1. The molecule has 1 saturated heterocycles. The number of piperazine rings is 1. The number of anilines is 1. The number of nitrogens with two attached hydrogens (primary N) is 1. The van der Waals surface area contributed by atoms with Crippen LogP contribution in [0.5, 0.6) is 0 Å². The van der Waals surface area contributed by atoms with E-state index in [0.717, 1.165) is 44.2 Å². The van der Waals surface area contributed by atoms with E-state index in [2.05, 4.69) is 42.0 Å². The quantitative estimate of drug-likeness (QED) is 0.325. The number of guanidine groups is 1. The molecule has 152 valence electrons. The Bertz CT molecular complexity index is 905. The van der Waals surface area contributed by atoms with Crippen molar-refractivity contribution in [3.8, 4) is 0 Å². The molecule has 3 heterocycles. The summed E-state index contributed by atoms with van der Waals surface area (Å²) in [5.41, 5.74) is 8.48. The van der Waals surface area contributed by atoms with E-state index in [9.17, 15) is 0 Å². The van der Waals surface area contributed by atoms with Crippen LogP contribution in [0.3, 0.4) is 0 Å². The van der Waals surface area contributed by atoms with Crippen molar-refractivity contribution in [1.29, 1.82) is 0 Å². The topological polar surface area (TPSA) is 88.5 Å². The first-order valence-corrected chi connectivity index (χ1v) is 9.40. The van der Waals surface area contributed by atoms with Crippen molar-refractivity contribution >= 4 is 35.9 Å². The Morgan fingerprint density at radius 1 is 0.966 bits per heavy atom. The first-order valence-electron chi connectivity index (χ1n) is 9.40. The van der Waals surface area contributed by atoms with Gasteiger partial charge in [-0.3, -0.25) is 4.68 Å². The number of benzene rings is 1. The van der Waals surface area contributed by atoms with E-state index < -0.39 is 0 Å². The van der Waals surface area contributed by atoms with Gasteiger partial charge >= 0.3 is 0 Å². The number of hydrogen-bond donors (Lipinski definition) is 1. The van der Waals surface area contributed by atoms with Gasteiger partial charge in [-0.2, -0.15) is 5.10 Å². The Balaban J connectivity index is 0.00000240. The lowest BCUT2D eigenvalue weighted by atomic mass is 10.2. The summed E-state index contributed by atoms with van der Waals surface area (Å²) >= 11 is 0. The Kier molecular flexibility index (Phi) is 7.39. The molecule has 0 amide bonds. The number of halogens is 1. The van der Waals surface area contributed by atoms with E-state index in [1.54, 1.807) is 12.4 Å². The van der Waals surface area contributed by atoms with E-state index in [0.29, 0.717) is 12.5 Å². The molecule has 0 atom stereocenters. The maximum Gasteiger partial charge on any atom is 0.225 e. The highest BCUT2D eigenvalue weighted by atomic mass is 127. The third kappa shape index (κ3) is 5.66. The average Bonchev–Trinajstić information content (AvgIpc) is 3.21. The van der Waals surface area contributed by atoms with Crippen LogP contribution in [0.1, 0.15) is 11.1 Å². The molecule has 0 bridgehead atoms. The molecule has 0 radical (unpaired) electrons. The van der Waals surface area contributed by atoms with Gasteiger partial charge in [-0.1, -0.05) is 30.3 Å². The summed E-state index contributed by atoms with van der Waals surface area (Å²) in [6.45, 7) is 4.55. The van der Waals surface area contributed by atoms with Crippen molar-refractivity contribution in [2.45, 2.75) is 13.1 Å². The predicted molar refractivity (Wildman–Crippen MR) is 124 cm³/mol. The molecular weight excluding hydrogens is 479 g/mol. The lowest BCUT2D eigenvalue weighted by Gasteiger charge is -2.35. The fraction of sp³-hybridized carbons (Fsp3) is 0.300. The molecule has 29 heavy (non-hydrogen) atoms. The highest BCUT2D eigenvalue weighted by Gasteiger charge is 2.19. The third-order valence-electron chi connectivity index (χ3n) is 4.74. The van der Waals surface area contributed by atoms with Crippen LogP contribution >= 0.6 is 24.0 Å². The molecule has 2 N–H and O–H groups in total. The normalized spacial score (nSPS) is 14.6. The van der Waals surface area contributed by atoms with Crippen LogP contribution in [-0.4, -0.2) is 56.8 Å². The van der Waals surface area contributed by atoms with E-state index in [4.69, 9.17) is 5.73 Å². The van der Waals surface area contributed by atoms with Gasteiger partial charge in [0.2, 0.25) is 5.95 Å². The van der Waals surface area contributed by atoms with Crippen LogP contribution in [0, 0.1) is 0 Å². The number of rotatable bonds is 5. The minimum absolute atomic E-state index is 0. The second-order valence-electron chi connectivity index (χ2n) is 6.73. The van der Waals surface area contributed by atoms with Crippen molar-refractivity contribution in [3.05, 3.63) is 72.3 Å². The van der Waals surface area contributed by atoms with Crippen molar-refractivity contribution < 1.29 is 0 Å². The van der Waals surface area contributed by atoms with Gasteiger partial charge in [0.1, 0.15) is 0 Å². The van der Waals surface area contributed by atoms with Gasteiger partial charge in [-0.05, 0) is 11.6 Å². The van der Waals surface area contributed by atoms with Gasteiger partial charge in [0.25, 0.3) is 0 Å². The maximum atomic E-state index is 6.21. The molecule has 1 aliphatic rings. The van der Waals surface area contributed by atoms with Gasteiger partial charge in [0, 0.05) is 50.3 Å². The van der Waals surface area contributed by atoms with Gasteiger partial charge < -0.3 is 15.5 Å². The minimum Gasteiger partial charge on any atom is -0.370 e. The second-order valence-corrected chi connectivity index (χ2v) is 6.73. The Morgan fingerprint density at radius 2 is 1.69 bits per heavy atom. The lowest BCUT2D eigenvalue weighted by molar-refractivity contribution is 0.378. The number of hydrogen-bond acceptors (Lipinski definition) is 5. The largest absolute Gasteiger partial charge is 0.370 e. The summed E-state index contributed by atoms with van der Waals surface area (Å²) < 4.78 is 1.93. The summed E-state index contributed by atoms with van der Waals surface area (Å²) in [4.78, 5) is 17.4. The molecule has 4 rings (SSSR count). The molecule has 0 spiro atoms. The fourth-order valence-electron chi connectivity index (χ4n) is 3.21. The molecule has 1 aromatic carbocycles. The van der Waals surface area contributed by atoms with Crippen molar-refractivity contribution in [3.63, 3.8) is 0 Å². The van der Waals surface area contributed by atoms with Crippen molar-refractivity contribution in [2.75, 3.05) is 31.1 Å². The SMILES string of the molecule is I.NC(=NCc1cnn(Cc2ccccc2)c1)N1CCN(c2ncccn2)CC1. The number of aromatic nitrogens is 4. The Labute approximate surface area is 187 Å². The van der Waals surface area contributed by atoms with Crippen molar-refractivity contribution in [2.24, 2.45) is 10.7 Å². The third-order valence-corrected chi connectivity index (χ3v) is 4.74. The van der Waals surface area contributed by atoms with Crippen LogP contribution in [0.4, 0.5) is 5.95 Å². The Morgan fingerprint density at radius 3 is 2.41 bits per heavy atom. The Hall–Kier alpha value is -2.69. The van der Waals surface area contributed by atoms with Gasteiger partial charge in [-0.25, -0.2) is 15.0 Å². The average molecular weight is 504 g/mol. The standard InChI is InChI=1S/C20H24N8.HI/c21-19(26-9-11-27(12-10-26)20-22-7-4-8-23-20)24-13-18-14-25-28(16-18)15-17-5-2-1-3-6-17;/h1-8,14,16H,9-13,15H2,(H2,21,24);1H. The number of nitrogens with zero attached hydrogens (tertiary/aromatic N) is 7. The summed E-state index contributed by atoms with van der Waals surface area (Å²) in [7, 11) is 0. The van der Waals surface area contributed by atoms with E-state index in [-0.39, 0.29) is 24.0 Å². The molecule has 8 nitrogen and oxygen atoms in total. The first kappa shape index (κ1) is 21.0. The van der Waals surface area contributed by atoms with Gasteiger partial charge in [-0.15, -0.1) is 24.0 Å². The molecular formula is C20H25IN8. The molecule has 3 aromatic rings. The van der Waals surface area contributed by atoms with Crippen LogP contribution in [0.25, 0.3) is 0 Å². The van der Waals surface area contributed by atoms with Gasteiger partial charge in [0.15, 0.2) is 5.96 Å². The van der Waals surface area contributed by atoms with Crippen LogP contribution in [-0.2, 0) is 13.1 Å². The maximum absolute atomic E-state index is 6.21. The van der Waals surface area contributed by atoms with Crippen LogP contribution in [0.15, 0.2) is 66.2 Å². The zero-order valence-corrected chi connectivity index (χ0v) is 18.5. The lowest BCUT2D eigenvalue weighted by Crippen LogP contribution is -2.51. The molecule has 0 aliphatic carbocycles. The van der Waals surface area contributed by atoms with E-state index >= 15 is 0 Å². The number of aliphatic imine (C=N–C) groups is 1. The summed E-state index contributed by atoms with van der Waals surface area (Å²) in [5.74, 6) is 1.34. The molecule has 0 saturated carbocycles. The van der Waals surface area contributed by atoms with Gasteiger partial charge in [0.05, 0.1) is 19.3 Å². The van der Waals surface area contributed by atoms with E-state index in [1.807, 2.05) is 41.3 Å². The summed E-state index contributed by atoms with van der Waals surface area (Å²) in [5, 5.41) is 4.42. The van der Waals surface area contributed by atoms with E-state index in [1.165, 1.54) is 5.56 Å². The minimum atomic E-state index is 0. The molecule has 1 fully saturated rings. The molecule has 9 heteroatoms. The highest BCUT2D eigenvalue weighted by molar-refractivity contribution is 14.0. The van der Waals surface area contributed by atoms with Crippen molar-refractivity contribution in [1.82, 2.24) is 24.6 Å². The van der Waals surface area contributed by atoms with Crippen LogP contribution < -0.4 is 10.6 Å². The molecule has 0 unspecified atom stereocenters. The molecule has 1 aliphatic heterocycles. The van der Waals surface area contributed by atoms with Crippen LogP contribution in [0.2, 0.25) is 0 Å². The monoisotopic (exact) mass is 504 g/mol. The second kappa shape index (κ2) is 10.2. The smallest absolute Gasteiger partial charge is 0.225 e. The predicted octanol–water partition coefficient (Wildman–Crippen LogP) is 1.98. The zero-order chi connectivity index (χ0) is 19.2. The molecule has 2 aromatic heterocycles. The summed E-state index contributed by atoms with van der Waals surface area (Å²) in [6, 6.07) is 12.1. The highest BCUT2D eigenvalue weighted by Crippen LogP contribution is 2.10. The summed E-state index contributed by atoms with van der Waals surface area (Å²) in [6.07, 6.45) is 7.41.